The van der Waals surface area contributed by atoms with Gasteiger partial charge in [0.1, 0.15) is 5.75 Å². The number of hydrogen-bond acceptors (Lipinski definition) is 3. The summed E-state index contributed by atoms with van der Waals surface area (Å²) in [5.74, 6) is 2.65. The molecule has 1 aromatic carbocycles. The molecule has 1 unspecified atom stereocenters. The number of likely N-dealkylation sites (tertiary alicyclic amines) is 1. The van der Waals surface area contributed by atoms with Crippen LogP contribution in [0.5, 0.6) is 5.75 Å². The molecular formula is C21H37IN4O. The van der Waals surface area contributed by atoms with Crippen LogP contribution in [-0.2, 0) is 6.54 Å². The number of ether oxygens (including phenoxy) is 1. The zero-order valence-electron chi connectivity index (χ0n) is 17.2. The van der Waals surface area contributed by atoms with Crippen LogP contribution < -0.4 is 15.4 Å². The maximum atomic E-state index is 5.20. The molecule has 1 aliphatic heterocycles. The first kappa shape index (κ1) is 24.0. The number of unbranched alkanes of at least 4 members (excludes halogenated alkanes) is 1. The minimum atomic E-state index is 0. The number of nitrogens with one attached hydrogen (secondary N) is 2. The number of benzene rings is 1. The van der Waals surface area contributed by atoms with E-state index in [1.165, 1.54) is 50.9 Å². The smallest absolute Gasteiger partial charge is 0.191 e. The van der Waals surface area contributed by atoms with Crippen molar-refractivity contribution in [3.63, 3.8) is 0 Å². The molecule has 1 aromatic rings. The number of methoxy groups -OCH3 is 1. The Hall–Kier alpha value is -1.02. The van der Waals surface area contributed by atoms with Crippen LogP contribution in [0.3, 0.4) is 0 Å². The molecule has 1 atom stereocenters. The van der Waals surface area contributed by atoms with Crippen molar-refractivity contribution in [1.29, 1.82) is 0 Å². The summed E-state index contributed by atoms with van der Waals surface area (Å²) in [7, 11) is 1.69. The van der Waals surface area contributed by atoms with E-state index in [4.69, 9.17) is 4.74 Å². The Morgan fingerprint density at radius 2 is 2.00 bits per heavy atom. The van der Waals surface area contributed by atoms with E-state index in [-0.39, 0.29) is 24.0 Å². The van der Waals surface area contributed by atoms with Crippen molar-refractivity contribution >= 4 is 29.9 Å². The molecule has 2 rings (SSSR count). The van der Waals surface area contributed by atoms with Gasteiger partial charge in [0.2, 0.25) is 0 Å². The van der Waals surface area contributed by atoms with Gasteiger partial charge in [-0.05, 0) is 69.3 Å². The topological polar surface area (TPSA) is 48.9 Å². The van der Waals surface area contributed by atoms with Crippen LogP contribution in [0, 0.1) is 5.92 Å². The number of aliphatic imine (C=N–C) groups is 1. The Balaban J connectivity index is 0.00000364. The number of halogens is 1. The van der Waals surface area contributed by atoms with Crippen LogP contribution in [0.1, 0.15) is 45.1 Å². The Morgan fingerprint density at radius 3 is 2.67 bits per heavy atom. The van der Waals surface area contributed by atoms with Gasteiger partial charge in [0.05, 0.1) is 13.7 Å². The van der Waals surface area contributed by atoms with Crippen molar-refractivity contribution in [3.05, 3.63) is 29.8 Å². The van der Waals surface area contributed by atoms with E-state index in [1.807, 2.05) is 12.1 Å². The first-order valence-electron chi connectivity index (χ1n) is 10.1. The summed E-state index contributed by atoms with van der Waals surface area (Å²) in [6.07, 6.45) is 5.19. The molecule has 1 heterocycles. The number of nitrogens with zero attached hydrogens (tertiary/aromatic N) is 2. The molecule has 154 valence electrons. The van der Waals surface area contributed by atoms with Crippen molar-refractivity contribution < 1.29 is 4.74 Å². The van der Waals surface area contributed by atoms with Crippen LogP contribution in [0.15, 0.2) is 29.3 Å². The maximum absolute atomic E-state index is 5.20. The molecule has 5 nitrogen and oxygen atoms in total. The lowest BCUT2D eigenvalue weighted by molar-refractivity contribution is 0.181. The van der Waals surface area contributed by atoms with E-state index in [1.54, 1.807) is 7.11 Å². The van der Waals surface area contributed by atoms with Crippen LogP contribution in [0.4, 0.5) is 0 Å². The van der Waals surface area contributed by atoms with Crippen LogP contribution in [0.25, 0.3) is 0 Å². The first-order chi connectivity index (χ1) is 12.7. The molecule has 0 radical (unpaired) electrons. The van der Waals surface area contributed by atoms with Gasteiger partial charge in [0.25, 0.3) is 0 Å². The normalized spacial score (nSPS) is 17.9. The molecule has 1 fully saturated rings. The van der Waals surface area contributed by atoms with Gasteiger partial charge in [-0.2, -0.15) is 0 Å². The fourth-order valence-electron chi connectivity index (χ4n) is 3.40. The van der Waals surface area contributed by atoms with Gasteiger partial charge in [0, 0.05) is 19.6 Å². The van der Waals surface area contributed by atoms with Gasteiger partial charge >= 0.3 is 0 Å². The summed E-state index contributed by atoms with van der Waals surface area (Å²) in [5, 5.41) is 6.78. The van der Waals surface area contributed by atoms with Gasteiger partial charge in [-0.1, -0.05) is 19.1 Å². The van der Waals surface area contributed by atoms with Crippen molar-refractivity contribution in [1.82, 2.24) is 15.5 Å². The molecule has 0 saturated carbocycles. The highest BCUT2D eigenvalue weighted by atomic mass is 127. The van der Waals surface area contributed by atoms with E-state index < -0.39 is 0 Å². The molecule has 0 amide bonds. The highest BCUT2D eigenvalue weighted by Crippen LogP contribution is 2.15. The average Bonchev–Trinajstić information content (AvgIpc) is 2.66. The van der Waals surface area contributed by atoms with Gasteiger partial charge < -0.3 is 20.3 Å². The third-order valence-corrected chi connectivity index (χ3v) is 4.86. The number of rotatable bonds is 9. The third kappa shape index (κ3) is 9.65. The molecule has 0 spiro atoms. The molecular weight excluding hydrogens is 451 g/mol. The number of piperidine rings is 1. The molecule has 0 aliphatic carbocycles. The third-order valence-electron chi connectivity index (χ3n) is 4.86. The van der Waals surface area contributed by atoms with Crippen molar-refractivity contribution in [3.8, 4) is 5.75 Å². The standard InChI is InChI=1S/C21H36N4O.HI/c1-4-22-21(24-16-19-9-11-20(26-3)12-10-19)23-13-5-6-14-25-15-7-8-18(2)17-25;/h9-12,18H,4-8,13-17H2,1-3H3,(H2,22,23,24);1H. The van der Waals surface area contributed by atoms with Gasteiger partial charge in [0.15, 0.2) is 5.96 Å². The fourth-order valence-corrected chi connectivity index (χ4v) is 3.40. The molecule has 6 heteroatoms. The maximum Gasteiger partial charge on any atom is 0.191 e. The van der Waals surface area contributed by atoms with E-state index in [0.717, 1.165) is 30.7 Å². The summed E-state index contributed by atoms with van der Waals surface area (Å²) in [6, 6.07) is 8.08. The number of hydrogen-bond donors (Lipinski definition) is 2. The molecule has 0 aromatic heterocycles. The Labute approximate surface area is 182 Å². The highest BCUT2D eigenvalue weighted by molar-refractivity contribution is 14.0. The highest BCUT2D eigenvalue weighted by Gasteiger charge is 2.15. The summed E-state index contributed by atoms with van der Waals surface area (Å²) in [5.41, 5.74) is 1.18. The minimum Gasteiger partial charge on any atom is -0.497 e. The second kappa shape index (κ2) is 14.0. The lowest BCUT2D eigenvalue weighted by atomic mass is 10.0. The molecule has 27 heavy (non-hydrogen) atoms. The zero-order valence-corrected chi connectivity index (χ0v) is 19.5. The van der Waals surface area contributed by atoms with E-state index in [9.17, 15) is 0 Å². The SMILES string of the molecule is CCNC(=NCc1ccc(OC)cc1)NCCCCN1CCCC(C)C1.I. The summed E-state index contributed by atoms with van der Waals surface area (Å²) in [4.78, 5) is 7.30. The van der Waals surface area contributed by atoms with Gasteiger partial charge in [-0.15, -0.1) is 24.0 Å². The van der Waals surface area contributed by atoms with E-state index in [2.05, 4.69) is 46.5 Å². The van der Waals surface area contributed by atoms with Gasteiger partial charge in [-0.25, -0.2) is 4.99 Å². The van der Waals surface area contributed by atoms with Crippen LogP contribution >= 0.6 is 24.0 Å². The predicted octanol–water partition coefficient (Wildman–Crippen LogP) is 3.88. The monoisotopic (exact) mass is 488 g/mol. The van der Waals surface area contributed by atoms with Crippen LogP contribution in [0.2, 0.25) is 0 Å². The Morgan fingerprint density at radius 1 is 1.22 bits per heavy atom. The lowest BCUT2D eigenvalue weighted by Gasteiger charge is -2.30. The second-order valence-corrected chi connectivity index (χ2v) is 7.23. The number of guanidine groups is 1. The average molecular weight is 488 g/mol. The largest absolute Gasteiger partial charge is 0.497 e. The molecule has 2 N–H and O–H groups in total. The predicted molar refractivity (Wildman–Crippen MR) is 125 cm³/mol. The lowest BCUT2D eigenvalue weighted by Crippen LogP contribution is -2.38. The zero-order chi connectivity index (χ0) is 18.6. The fraction of sp³-hybridized carbons (Fsp3) is 0.667. The Kier molecular flexibility index (Phi) is 12.5. The van der Waals surface area contributed by atoms with Crippen molar-refractivity contribution in [2.45, 2.75) is 46.1 Å². The summed E-state index contributed by atoms with van der Waals surface area (Å²) < 4.78 is 5.20. The minimum absolute atomic E-state index is 0. The first-order valence-corrected chi connectivity index (χ1v) is 10.1. The van der Waals surface area contributed by atoms with Gasteiger partial charge in [-0.3, -0.25) is 0 Å². The van der Waals surface area contributed by atoms with E-state index >= 15 is 0 Å². The van der Waals surface area contributed by atoms with Crippen molar-refractivity contribution in [2.24, 2.45) is 10.9 Å². The molecule has 1 saturated heterocycles. The quantitative estimate of drug-likeness (QED) is 0.240. The summed E-state index contributed by atoms with van der Waals surface area (Å²) in [6.45, 7) is 10.8. The van der Waals surface area contributed by atoms with E-state index in [0.29, 0.717) is 6.54 Å². The van der Waals surface area contributed by atoms with Crippen molar-refractivity contribution in [2.75, 3.05) is 39.8 Å². The molecule has 0 bridgehead atoms. The van der Waals surface area contributed by atoms with Crippen LogP contribution in [-0.4, -0.2) is 50.7 Å². The second-order valence-electron chi connectivity index (χ2n) is 7.23. The summed E-state index contributed by atoms with van der Waals surface area (Å²) >= 11 is 0. The Bertz CT molecular complexity index is 535. The molecule has 1 aliphatic rings.